The second kappa shape index (κ2) is 8.75. The number of hydrogen-bond donors (Lipinski definition) is 1. The number of anilines is 1. The van der Waals surface area contributed by atoms with Gasteiger partial charge in [-0.2, -0.15) is 4.98 Å². The number of nitrogens with zero attached hydrogens (tertiary/aromatic N) is 4. The van der Waals surface area contributed by atoms with Gasteiger partial charge >= 0.3 is 0 Å². The zero-order chi connectivity index (χ0) is 22.2. The monoisotopic (exact) mass is 439 g/mol. The van der Waals surface area contributed by atoms with Gasteiger partial charge in [0, 0.05) is 37.2 Å². The molecule has 7 nitrogen and oxygen atoms in total. The number of nitrogens with one attached hydrogen (secondary N) is 1. The average molecular weight is 440 g/mol. The molecular formula is C24H30FN5O2. The Balaban J connectivity index is 1.52. The van der Waals surface area contributed by atoms with Crippen LogP contribution in [0.4, 0.5) is 10.2 Å². The van der Waals surface area contributed by atoms with E-state index >= 15 is 4.39 Å². The van der Waals surface area contributed by atoms with Crippen molar-refractivity contribution < 1.29 is 13.7 Å². The molecule has 32 heavy (non-hydrogen) atoms. The molecule has 0 radical (unpaired) electrons. The van der Waals surface area contributed by atoms with Gasteiger partial charge in [0.25, 0.3) is 5.89 Å². The fraction of sp³-hybridized carbons (Fsp3) is 0.542. The summed E-state index contributed by atoms with van der Waals surface area (Å²) in [5, 5.41) is 8.52. The van der Waals surface area contributed by atoms with Crippen molar-refractivity contribution in [1.29, 1.82) is 0 Å². The third-order valence-electron chi connectivity index (χ3n) is 6.69. The third kappa shape index (κ3) is 3.97. The van der Waals surface area contributed by atoms with Gasteiger partial charge in [-0.1, -0.05) is 12.1 Å². The highest BCUT2D eigenvalue weighted by Crippen LogP contribution is 2.38. The van der Waals surface area contributed by atoms with Crippen molar-refractivity contribution in [1.82, 2.24) is 20.4 Å². The first-order valence-corrected chi connectivity index (χ1v) is 11.6. The average Bonchev–Trinajstić information content (AvgIpc) is 3.46. The van der Waals surface area contributed by atoms with E-state index in [-0.39, 0.29) is 5.82 Å². The van der Waals surface area contributed by atoms with E-state index in [1.54, 1.807) is 13.0 Å². The highest BCUT2D eigenvalue weighted by molar-refractivity contribution is 5.93. The SMILES string of the molecule is CCc1cc(F)c2nc(N3CCC(NC4CCOC4)CC3)c(-c3nc(C)no3)c(C)c2c1. The van der Waals surface area contributed by atoms with E-state index in [2.05, 4.69) is 20.4 Å². The number of halogens is 1. The van der Waals surface area contributed by atoms with Crippen LogP contribution in [0.3, 0.4) is 0 Å². The Morgan fingerprint density at radius 3 is 2.59 bits per heavy atom. The van der Waals surface area contributed by atoms with Gasteiger partial charge in [0.2, 0.25) is 0 Å². The van der Waals surface area contributed by atoms with Gasteiger partial charge in [-0.25, -0.2) is 9.37 Å². The Bertz CT molecular complexity index is 1120. The summed E-state index contributed by atoms with van der Waals surface area (Å²) in [5.74, 6) is 1.45. The lowest BCUT2D eigenvalue weighted by Crippen LogP contribution is -2.46. The van der Waals surface area contributed by atoms with E-state index in [1.807, 2.05) is 19.9 Å². The first-order valence-electron chi connectivity index (χ1n) is 11.6. The summed E-state index contributed by atoms with van der Waals surface area (Å²) in [7, 11) is 0. The minimum atomic E-state index is -0.283. The number of aryl methyl sites for hydroxylation is 3. The van der Waals surface area contributed by atoms with Crippen LogP contribution in [0, 0.1) is 19.7 Å². The van der Waals surface area contributed by atoms with Crippen molar-refractivity contribution in [2.75, 3.05) is 31.2 Å². The first-order chi connectivity index (χ1) is 15.5. The van der Waals surface area contributed by atoms with Gasteiger partial charge in [-0.3, -0.25) is 0 Å². The molecule has 8 heteroatoms. The minimum Gasteiger partial charge on any atom is -0.380 e. The van der Waals surface area contributed by atoms with Crippen molar-refractivity contribution in [2.45, 2.75) is 58.5 Å². The molecule has 1 aromatic carbocycles. The van der Waals surface area contributed by atoms with E-state index in [1.165, 1.54) is 0 Å². The van der Waals surface area contributed by atoms with Crippen LogP contribution in [-0.2, 0) is 11.2 Å². The van der Waals surface area contributed by atoms with E-state index in [9.17, 15) is 0 Å². The molecule has 3 aromatic rings. The quantitative estimate of drug-likeness (QED) is 0.645. The lowest BCUT2D eigenvalue weighted by Gasteiger charge is -2.35. The molecule has 0 aliphatic carbocycles. The van der Waals surface area contributed by atoms with Crippen molar-refractivity contribution in [2.24, 2.45) is 0 Å². The molecule has 0 bridgehead atoms. The zero-order valence-corrected chi connectivity index (χ0v) is 18.9. The topological polar surface area (TPSA) is 76.3 Å². The Hall–Kier alpha value is -2.58. The number of ether oxygens (including phenoxy) is 1. The second-order valence-electron chi connectivity index (χ2n) is 8.90. The van der Waals surface area contributed by atoms with Crippen molar-refractivity contribution in [3.05, 3.63) is 34.9 Å². The van der Waals surface area contributed by atoms with Crippen LogP contribution in [0.1, 0.15) is 43.1 Å². The predicted octanol–water partition coefficient (Wildman–Crippen LogP) is 3.95. The second-order valence-corrected chi connectivity index (χ2v) is 8.90. The summed E-state index contributed by atoms with van der Waals surface area (Å²) in [5.41, 5.74) is 3.08. The Kier molecular flexibility index (Phi) is 5.82. The largest absolute Gasteiger partial charge is 0.380 e. The fourth-order valence-electron chi connectivity index (χ4n) is 4.86. The number of piperidine rings is 1. The van der Waals surface area contributed by atoms with E-state index < -0.39 is 0 Å². The van der Waals surface area contributed by atoms with Gasteiger partial charge < -0.3 is 19.5 Å². The van der Waals surface area contributed by atoms with Crippen molar-refractivity contribution >= 4 is 16.7 Å². The lowest BCUT2D eigenvalue weighted by atomic mass is 9.98. The third-order valence-corrected chi connectivity index (χ3v) is 6.69. The van der Waals surface area contributed by atoms with Gasteiger partial charge in [-0.15, -0.1) is 0 Å². The standard InChI is InChI=1S/C24H30FN5O2/c1-4-16-11-19-14(2)21(24-26-15(3)29-32-24)23(28-22(19)20(25)12-16)30-8-5-17(6-9-30)27-18-7-10-31-13-18/h11-12,17-18,27H,4-10,13H2,1-3H3. The molecule has 4 heterocycles. The lowest BCUT2D eigenvalue weighted by molar-refractivity contribution is 0.186. The summed E-state index contributed by atoms with van der Waals surface area (Å²) in [6.45, 7) is 9.12. The first kappa shape index (κ1) is 21.3. The molecule has 0 saturated carbocycles. The predicted molar refractivity (Wildman–Crippen MR) is 121 cm³/mol. The normalized spacial score (nSPS) is 19.9. The Morgan fingerprint density at radius 1 is 1.12 bits per heavy atom. The van der Waals surface area contributed by atoms with E-state index in [4.69, 9.17) is 14.2 Å². The smallest absolute Gasteiger partial charge is 0.261 e. The van der Waals surface area contributed by atoms with E-state index in [0.717, 1.165) is 79.9 Å². The van der Waals surface area contributed by atoms with Crippen LogP contribution >= 0.6 is 0 Å². The molecule has 1 unspecified atom stereocenters. The Morgan fingerprint density at radius 2 is 1.94 bits per heavy atom. The molecule has 1 atom stereocenters. The molecule has 1 N–H and O–H groups in total. The van der Waals surface area contributed by atoms with Crippen LogP contribution in [0.5, 0.6) is 0 Å². The van der Waals surface area contributed by atoms with Crippen LogP contribution < -0.4 is 10.2 Å². The highest BCUT2D eigenvalue weighted by atomic mass is 19.1. The van der Waals surface area contributed by atoms with Crippen molar-refractivity contribution in [3.63, 3.8) is 0 Å². The number of benzene rings is 1. The summed E-state index contributed by atoms with van der Waals surface area (Å²) in [4.78, 5) is 11.6. The van der Waals surface area contributed by atoms with Crippen molar-refractivity contribution in [3.8, 4) is 11.5 Å². The van der Waals surface area contributed by atoms with Gasteiger partial charge in [0.1, 0.15) is 17.2 Å². The number of aromatic nitrogens is 3. The van der Waals surface area contributed by atoms with Crippen LogP contribution in [0.2, 0.25) is 0 Å². The summed E-state index contributed by atoms with van der Waals surface area (Å²) >= 11 is 0. The number of pyridine rings is 1. The molecule has 0 spiro atoms. The summed E-state index contributed by atoms with van der Waals surface area (Å²) < 4.78 is 26.1. The molecule has 2 aromatic heterocycles. The van der Waals surface area contributed by atoms with Gasteiger partial charge in [0.05, 0.1) is 12.2 Å². The molecule has 2 aliphatic heterocycles. The molecule has 170 valence electrons. The fourth-order valence-corrected chi connectivity index (χ4v) is 4.86. The minimum absolute atomic E-state index is 0.283. The molecule has 2 saturated heterocycles. The number of hydrogen-bond acceptors (Lipinski definition) is 7. The molecule has 5 rings (SSSR count). The summed E-state index contributed by atoms with van der Waals surface area (Å²) in [6, 6.07) is 4.52. The highest BCUT2D eigenvalue weighted by Gasteiger charge is 2.29. The zero-order valence-electron chi connectivity index (χ0n) is 18.9. The van der Waals surface area contributed by atoms with Gasteiger partial charge in [0.15, 0.2) is 5.82 Å². The van der Waals surface area contributed by atoms with Gasteiger partial charge in [-0.05, 0) is 62.8 Å². The Labute approximate surface area is 187 Å². The number of rotatable bonds is 5. The number of fused-ring (bicyclic) bond motifs is 1. The maximum Gasteiger partial charge on any atom is 0.261 e. The molecule has 0 amide bonds. The molecular weight excluding hydrogens is 409 g/mol. The van der Waals surface area contributed by atoms with E-state index in [0.29, 0.717) is 29.3 Å². The molecule has 2 aliphatic rings. The molecule has 2 fully saturated rings. The van der Waals surface area contributed by atoms with Crippen LogP contribution in [0.25, 0.3) is 22.4 Å². The van der Waals surface area contributed by atoms with Crippen LogP contribution in [0.15, 0.2) is 16.7 Å². The maximum absolute atomic E-state index is 15.0. The van der Waals surface area contributed by atoms with Crippen LogP contribution in [-0.4, -0.2) is 53.5 Å². The maximum atomic E-state index is 15.0. The summed E-state index contributed by atoms with van der Waals surface area (Å²) in [6.07, 6.45) is 3.82.